The number of amides is 2. The maximum Gasteiger partial charge on any atom is 0.238 e. The van der Waals surface area contributed by atoms with Gasteiger partial charge in [0.1, 0.15) is 5.37 Å². The third-order valence-electron chi connectivity index (χ3n) is 6.10. The summed E-state index contributed by atoms with van der Waals surface area (Å²) in [4.78, 5) is 27.0. The number of aryl methyl sites for hydroxylation is 2. The first-order valence-electron chi connectivity index (χ1n) is 11.9. The van der Waals surface area contributed by atoms with Crippen molar-refractivity contribution >= 4 is 35.0 Å². The van der Waals surface area contributed by atoms with E-state index in [1.54, 1.807) is 11.8 Å². The van der Waals surface area contributed by atoms with Gasteiger partial charge in [-0.15, -0.1) is 11.8 Å². The Morgan fingerprint density at radius 1 is 1.00 bits per heavy atom. The number of hydrogen-bond acceptors (Lipinski definition) is 3. The minimum absolute atomic E-state index is 0.0666. The van der Waals surface area contributed by atoms with Crippen molar-refractivity contribution in [3.05, 3.63) is 59.2 Å². The Morgan fingerprint density at radius 2 is 1.75 bits per heavy atom. The van der Waals surface area contributed by atoms with E-state index in [0.29, 0.717) is 12.2 Å². The van der Waals surface area contributed by atoms with E-state index < -0.39 is 0 Å². The molecule has 2 aromatic carbocycles. The fourth-order valence-corrected chi connectivity index (χ4v) is 5.23. The molecule has 1 fully saturated rings. The first-order valence-corrected chi connectivity index (χ1v) is 12.9. The lowest BCUT2D eigenvalue weighted by Gasteiger charge is -2.25. The molecule has 3 rings (SSSR count). The molecule has 1 N–H and O–H groups in total. The summed E-state index contributed by atoms with van der Waals surface area (Å²) < 4.78 is 0. The molecule has 172 valence electrons. The van der Waals surface area contributed by atoms with Gasteiger partial charge >= 0.3 is 0 Å². The Hall–Kier alpha value is -2.27. The third-order valence-corrected chi connectivity index (χ3v) is 7.31. The highest BCUT2D eigenvalue weighted by atomic mass is 32.2. The van der Waals surface area contributed by atoms with Crippen LogP contribution < -0.4 is 10.2 Å². The van der Waals surface area contributed by atoms with E-state index in [4.69, 9.17) is 0 Å². The first kappa shape index (κ1) is 24.4. The molecule has 2 aromatic rings. The van der Waals surface area contributed by atoms with Crippen molar-refractivity contribution in [2.24, 2.45) is 0 Å². The van der Waals surface area contributed by atoms with E-state index in [0.717, 1.165) is 29.8 Å². The zero-order valence-electron chi connectivity index (χ0n) is 19.7. The van der Waals surface area contributed by atoms with Crippen LogP contribution in [-0.2, 0) is 9.59 Å². The molecule has 0 spiro atoms. The zero-order chi connectivity index (χ0) is 22.9. The number of hydrogen-bond donors (Lipinski definition) is 1. The summed E-state index contributed by atoms with van der Waals surface area (Å²) in [5.74, 6) is 0.653. The molecule has 1 aliphatic heterocycles. The molecule has 0 aromatic heterocycles. The van der Waals surface area contributed by atoms with Crippen molar-refractivity contribution in [3.8, 4) is 0 Å². The van der Waals surface area contributed by atoms with Crippen molar-refractivity contribution in [3.63, 3.8) is 0 Å². The zero-order valence-corrected chi connectivity index (χ0v) is 20.5. The number of benzene rings is 2. The van der Waals surface area contributed by atoms with Gasteiger partial charge in [-0.1, -0.05) is 63.6 Å². The SMILES string of the molecule is CCCCCCCCCC(=O)Nc1cccc([C@@H]2SCC(=O)N2c2ccc(C)c(C)c2)c1. The lowest BCUT2D eigenvalue weighted by molar-refractivity contribution is -0.117. The highest BCUT2D eigenvalue weighted by Gasteiger charge is 2.34. The van der Waals surface area contributed by atoms with Gasteiger partial charge in [-0.25, -0.2) is 0 Å². The molecule has 0 radical (unpaired) electrons. The molecule has 0 unspecified atom stereocenters. The Morgan fingerprint density at radius 3 is 2.50 bits per heavy atom. The standard InChI is InChI=1S/C27H36N2O2S/c1-4-5-6-7-8-9-10-14-25(30)28-23-13-11-12-22(18-23)27-29(26(31)19-32-27)24-16-15-20(2)21(3)17-24/h11-13,15-18,27H,4-10,14,19H2,1-3H3,(H,28,30)/t27-/m0/s1. The van der Waals surface area contributed by atoms with Gasteiger partial charge in [0.15, 0.2) is 0 Å². The average Bonchev–Trinajstić information content (AvgIpc) is 3.16. The van der Waals surface area contributed by atoms with Gasteiger partial charge in [-0.05, 0) is 61.2 Å². The molecular weight excluding hydrogens is 416 g/mol. The quantitative estimate of drug-likeness (QED) is 0.368. The predicted octanol–water partition coefficient (Wildman–Crippen LogP) is 7.16. The van der Waals surface area contributed by atoms with Crippen molar-refractivity contribution in [2.45, 2.75) is 77.5 Å². The Kier molecular flexibility index (Phi) is 9.22. The lowest BCUT2D eigenvalue weighted by atomic mass is 10.1. The summed E-state index contributed by atoms with van der Waals surface area (Å²) in [6.45, 7) is 6.38. The molecule has 4 nitrogen and oxygen atoms in total. The van der Waals surface area contributed by atoms with Crippen LogP contribution in [0.1, 0.15) is 80.4 Å². The second kappa shape index (κ2) is 12.1. The fraction of sp³-hybridized carbons (Fsp3) is 0.481. The maximum atomic E-state index is 12.7. The van der Waals surface area contributed by atoms with E-state index in [2.05, 4.69) is 38.2 Å². The minimum Gasteiger partial charge on any atom is -0.326 e. The number of carbonyl (C=O) groups excluding carboxylic acids is 2. The summed E-state index contributed by atoms with van der Waals surface area (Å²) in [5.41, 5.74) is 5.16. The van der Waals surface area contributed by atoms with Crippen molar-refractivity contribution < 1.29 is 9.59 Å². The van der Waals surface area contributed by atoms with E-state index >= 15 is 0 Å². The first-order chi connectivity index (χ1) is 15.5. The molecular formula is C27H36N2O2S. The van der Waals surface area contributed by atoms with Crippen LogP contribution in [0.4, 0.5) is 11.4 Å². The Balaban J connectivity index is 1.59. The molecule has 1 heterocycles. The summed E-state index contributed by atoms with van der Waals surface area (Å²) in [6.07, 6.45) is 8.96. The fourth-order valence-electron chi connectivity index (χ4n) is 4.06. The maximum absolute atomic E-state index is 12.7. The summed E-state index contributed by atoms with van der Waals surface area (Å²) in [5, 5.41) is 2.97. The highest BCUT2D eigenvalue weighted by Crippen LogP contribution is 2.42. The van der Waals surface area contributed by atoms with E-state index in [-0.39, 0.29) is 17.2 Å². The lowest BCUT2D eigenvalue weighted by Crippen LogP contribution is -2.28. The number of carbonyl (C=O) groups is 2. The van der Waals surface area contributed by atoms with Crippen LogP contribution in [0, 0.1) is 13.8 Å². The molecule has 0 aliphatic carbocycles. The van der Waals surface area contributed by atoms with Crippen LogP contribution in [-0.4, -0.2) is 17.6 Å². The largest absolute Gasteiger partial charge is 0.326 e. The molecule has 1 atom stereocenters. The molecule has 5 heteroatoms. The molecule has 2 amide bonds. The minimum atomic E-state index is -0.0791. The number of nitrogens with zero attached hydrogens (tertiary/aromatic N) is 1. The van der Waals surface area contributed by atoms with Crippen LogP contribution in [0.15, 0.2) is 42.5 Å². The Bertz CT molecular complexity index is 928. The van der Waals surface area contributed by atoms with E-state index in [9.17, 15) is 9.59 Å². The van der Waals surface area contributed by atoms with Crippen LogP contribution >= 0.6 is 11.8 Å². The van der Waals surface area contributed by atoms with Gasteiger partial charge in [0.2, 0.25) is 11.8 Å². The highest BCUT2D eigenvalue weighted by molar-refractivity contribution is 8.00. The third kappa shape index (κ3) is 6.61. The second-order valence-electron chi connectivity index (χ2n) is 8.74. The molecule has 0 bridgehead atoms. The smallest absolute Gasteiger partial charge is 0.238 e. The van der Waals surface area contributed by atoms with Gasteiger partial charge in [0.05, 0.1) is 5.75 Å². The van der Waals surface area contributed by atoms with Crippen LogP contribution in [0.2, 0.25) is 0 Å². The summed E-state index contributed by atoms with van der Waals surface area (Å²) in [7, 11) is 0. The van der Waals surface area contributed by atoms with Crippen LogP contribution in [0.5, 0.6) is 0 Å². The van der Waals surface area contributed by atoms with Gasteiger partial charge < -0.3 is 5.32 Å². The Labute approximate surface area is 197 Å². The monoisotopic (exact) mass is 452 g/mol. The van der Waals surface area contributed by atoms with Gasteiger partial charge in [0, 0.05) is 17.8 Å². The van der Waals surface area contributed by atoms with Gasteiger partial charge in [-0.3, -0.25) is 14.5 Å². The molecule has 1 aliphatic rings. The summed E-state index contributed by atoms with van der Waals surface area (Å²) in [6, 6.07) is 14.1. The predicted molar refractivity (Wildman–Crippen MR) is 136 cm³/mol. The van der Waals surface area contributed by atoms with E-state index in [1.165, 1.54) is 43.2 Å². The number of anilines is 2. The van der Waals surface area contributed by atoms with Gasteiger partial charge in [-0.2, -0.15) is 0 Å². The number of nitrogens with one attached hydrogen (secondary N) is 1. The van der Waals surface area contributed by atoms with Crippen LogP contribution in [0.25, 0.3) is 0 Å². The molecule has 1 saturated heterocycles. The van der Waals surface area contributed by atoms with Crippen LogP contribution in [0.3, 0.4) is 0 Å². The van der Waals surface area contributed by atoms with E-state index in [1.807, 2.05) is 35.2 Å². The van der Waals surface area contributed by atoms with Crippen molar-refractivity contribution in [1.29, 1.82) is 0 Å². The van der Waals surface area contributed by atoms with Crippen molar-refractivity contribution in [1.82, 2.24) is 0 Å². The topological polar surface area (TPSA) is 49.4 Å². The second-order valence-corrected chi connectivity index (χ2v) is 9.81. The molecule has 0 saturated carbocycles. The van der Waals surface area contributed by atoms with Gasteiger partial charge in [0.25, 0.3) is 0 Å². The number of rotatable bonds is 11. The van der Waals surface area contributed by atoms with Crippen molar-refractivity contribution in [2.75, 3.05) is 16.0 Å². The number of unbranched alkanes of at least 4 members (excludes halogenated alkanes) is 6. The molecule has 32 heavy (non-hydrogen) atoms. The normalized spacial score (nSPS) is 15.9. The number of thioether (sulfide) groups is 1. The average molecular weight is 453 g/mol. The summed E-state index contributed by atoms with van der Waals surface area (Å²) >= 11 is 1.63.